The lowest BCUT2D eigenvalue weighted by molar-refractivity contribution is 0.321. The fourth-order valence-electron chi connectivity index (χ4n) is 2.48. The van der Waals surface area contributed by atoms with Crippen molar-refractivity contribution in [2.45, 2.75) is 23.5 Å². The average Bonchev–Trinajstić information content (AvgIpc) is 2.90. The summed E-state index contributed by atoms with van der Waals surface area (Å²) in [6.07, 6.45) is 1.06. The predicted octanol–water partition coefficient (Wildman–Crippen LogP) is 4.35. The number of halogens is 1. The van der Waals surface area contributed by atoms with E-state index < -0.39 is 0 Å². The highest BCUT2D eigenvalue weighted by atomic mass is 32.2. The largest absolute Gasteiger partial charge is 0.491 e. The zero-order valence-electron chi connectivity index (χ0n) is 11.9. The van der Waals surface area contributed by atoms with Gasteiger partial charge in [0.15, 0.2) is 11.6 Å². The second-order valence-electron chi connectivity index (χ2n) is 5.01. The maximum Gasteiger partial charge on any atom is 0.167 e. The van der Waals surface area contributed by atoms with Crippen molar-refractivity contribution in [3.63, 3.8) is 0 Å². The van der Waals surface area contributed by atoms with E-state index in [0.29, 0.717) is 17.6 Å². The monoisotopic (exact) mass is 303 g/mol. The smallest absolute Gasteiger partial charge is 0.167 e. The molecule has 1 unspecified atom stereocenters. The first-order valence-corrected chi connectivity index (χ1v) is 8.05. The van der Waals surface area contributed by atoms with E-state index in [1.54, 1.807) is 6.07 Å². The van der Waals surface area contributed by atoms with E-state index in [1.807, 2.05) is 24.8 Å². The molecule has 1 aliphatic heterocycles. The van der Waals surface area contributed by atoms with Gasteiger partial charge in [-0.05, 0) is 37.1 Å². The number of nitrogens with one attached hydrogen (secondary N) is 1. The molecule has 1 N–H and O–H groups in total. The molecular formula is C17H18FNOS. The van der Waals surface area contributed by atoms with Crippen LogP contribution in [0.5, 0.6) is 5.75 Å². The number of hydrogen-bond donors (Lipinski definition) is 1. The fraction of sp³-hybridized carbons (Fsp3) is 0.294. The Morgan fingerprint density at radius 2 is 2.14 bits per heavy atom. The lowest BCUT2D eigenvalue weighted by Crippen LogP contribution is -2.15. The second kappa shape index (κ2) is 6.39. The van der Waals surface area contributed by atoms with Crippen LogP contribution in [0, 0.1) is 5.82 Å². The van der Waals surface area contributed by atoms with Gasteiger partial charge in [-0.25, -0.2) is 4.39 Å². The van der Waals surface area contributed by atoms with Gasteiger partial charge < -0.3 is 10.1 Å². The van der Waals surface area contributed by atoms with Crippen LogP contribution in [0.4, 0.5) is 10.1 Å². The Hall–Kier alpha value is -1.68. The van der Waals surface area contributed by atoms with E-state index in [-0.39, 0.29) is 5.82 Å². The zero-order valence-corrected chi connectivity index (χ0v) is 12.8. The van der Waals surface area contributed by atoms with Gasteiger partial charge in [-0.2, -0.15) is 0 Å². The number of hydrogen-bond acceptors (Lipinski definition) is 3. The third kappa shape index (κ3) is 3.32. The molecular weight excluding hydrogens is 285 g/mol. The van der Waals surface area contributed by atoms with Gasteiger partial charge >= 0.3 is 0 Å². The van der Waals surface area contributed by atoms with Gasteiger partial charge in [0.05, 0.1) is 6.61 Å². The van der Waals surface area contributed by atoms with E-state index in [0.717, 1.165) is 18.7 Å². The third-order valence-electron chi connectivity index (χ3n) is 3.48. The number of fused-ring (bicyclic) bond motifs is 1. The van der Waals surface area contributed by atoms with Gasteiger partial charge in [0.2, 0.25) is 0 Å². The molecule has 4 heteroatoms. The number of thioether (sulfide) groups is 1. The maximum atomic E-state index is 13.8. The Balaban J connectivity index is 1.58. The summed E-state index contributed by atoms with van der Waals surface area (Å²) in [5.74, 6) is -0.00472. The van der Waals surface area contributed by atoms with Crippen LogP contribution >= 0.6 is 11.8 Å². The highest BCUT2D eigenvalue weighted by Gasteiger charge is 2.21. The van der Waals surface area contributed by atoms with Crippen LogP contribution in [0.2, 0.25) is 0 Å². The van der Waals surface area contributed by atoms with Crippen LogP contribution in [0.3, 0.4) is 0 Å². The zero-order chi connectivity index (χ0) is 14.7. The Kier molecular flexibility index (Phi) is 4.34. The summed E-state index contributed by atoms with van der Waals surface area (Å²) in [5.41, 5.74) is 2.21. The molecule has 2 nitrogen and oxygen atoms in total. The Bertz CT molecular complexity index is 607. The van der Waals surface area contributed by atoms with E-state index in [9.17, 15) is 4.39 Å². The van der Waals surface area contributed by atoms with Crippen molar-refractivity contribution in [1.29, 1.82) is 0 Å². The van der Waals surface area contributed by atoms with E-state index in [2.05, 4.69) is 29.6 Å². The van der Waals surface area contributed by atoms with E-state index in [4.69, 9.17) is 4.74 Å². The van der Waals surface area contributed by atoms with Crippen LogP contribution in [-0.4, -0.2) is 18.4 Å². The summed E-state index contributed by atoms with van der Waals surface area (Å²) < 4.78 is 19.0. The molecule has 0 radical (unpaired) electrons. The van der Waals surface area contributed by atoms with Crippen LogP contribution in [0.25, 0.3) is 0 Å². The van der Waals surface area contributed by atoms with Crippen molar-refractivity contribution in [3.8, 4) is 5.75 Å². The van der Waals surface area contributed by atoms with Crippen LogP contribution in [0.15, 0.2) is 47.4 Å². The molecule has 2 aromatic carbocycles. The minimum atomic E-state index is -0.316. The first-order chi connectivity index (χ1) is 10.3. The normalized spacial score (nSPS) is 16.6. The molecule has 1 aliphatic rings. The minimum absolute atomic E-state index is 0.311. The van der Waals surface area contributed by atoms with Crippen molar-refractivity contribution in [3.05, 3.63) is 53.8 Å². The number of rotatable bonds is 5. The molecule has 2 aromatic rings. The number of anilines is 1. The van der Waals surface area contributed by atoms with Gasteiger partial charge in [-0.15, -0.1) is 11.8 Å². The van der Waals surface area contributed by atoms with Gasteiger partial charge in [0.1, 0.15) is 0 Å². The lowest BCUT2D eigenvalue weighted by atomic mass is 10.1. The van der Waals surface area contributed by atoms with E-state index >= 15 is 0 Å². The Morgan fingerprint density at radius 1 is 1.29 bits per heavy atom. The summed E-state index contributed by atoms with van der Waals surface area (Å²) in [5, 5.41) is 3.81. The molecule has 0 bridgehead atoms. The molecule has 0 saturated heterocycles. The molecule has 0 saturated carbocycles. The molecule has 3 rings (SSSR count). The summed E-state index contributed by atoms with van der Waals surface area (Å²) >= 11 is 1.89. The topological polar surface area (TPSA) is 21.3 Å². The minimum Gasteiger partial charge on any atom is -0.491 e. The number of benzene rings is 2. The average molecular weight is 303 g/mol. The van der Waals surface area contributed by atoms with Gasteiger partial charge in [0, 0.05) is 28.4 Å². The van der Waals surface area contributed by atoms with Gasteiger partial charge in [0.25, 0.3) is 0 Å². The van der Waals surface area contributed by atoms with Crippen molar-refractivity contribution in [2.24, 2.45) is 0 Å². The molecule has 0 aliphatic carbocycles. The highest BCUT2D eigenvalue weighted by molar-refractivity contribution is 8.00. The fourth-order valence-corrected chi connectivity index (χ4v) is 3.73. The molecule has 0 aromatic heterocycles. The summed E-state index contributed by atoms with van der Waals surface area (Å²) in [6.45, 7) is 3.15. The maximum absolute atomic E-state index is 13.8. The SMILES string of the molecule is CCOc1ccc(NCC2Cc3ccccc3S2)cc1F. The first kappa shape index (κ1) is 14.3. The van der Waals surface area contributed by atoms with Crippen molar-refractivity contribution < 1.29 is 9.13 Å². The number of ether oxygens (including phenoxy) is 1. The molecule has 0 amide bonds. The molecule has 0 spiro atoms. The quantitative estimate of drug-likeness (QED) is 0.887. The lowest BCUT2D eigenvalue weighted by Gasteiger charge is -2.12. The first-order valence-electron chi connectivity index (χ1n) is 7.17. The van der Waals surface area contributed by atoms with Crippen LogP contribution in [0.1, 0.15) is 12.5 Å². The standard InChI is InChI=1S/C17H18FNOS/c1-2-20-16-8-7-13(10-15(16)18)19-11-14-9-12-5-3-4-6-17(12)21-14/h3-8,10,14,19H,2,9,11H2,1H3. The van der Waals surface area contributed by atoms with Crippen molar-refractivity contribution >= 4 is 17.4 Å². The highest BCUT2D eigenvalue weighted by Crippen LogP contribution is 2.36. The summed E-state index contributed by atoms with van der Waals surface area (Å²) in [6, 6.07) is 13.5. The molecule has 0 fully saturated rings. The molecule has 1 heterocycles. The van der Waals surface area contributed by atoms with Gasteiger partial charge in [-0.1, -0.05) is 18.2 Å². The predicted molar refractivity (Wildman–Crippen MR) is 85.8 cm³/mol. The summed E-state index contributed by atoms with van der Waals surface area (Å²) in [7, 11) is 0. The van der Waals surface area contributed by atoms with Crippen LogP contribution < -0.4 is 10.1 Å². The molecule has 21 heavy (non-hydrogen) atoms. The van der Waals surface area contributed by atoms with Gasteiger partial charge in [-0.3, -0.25) is 0 Å². The van der Waals surface area contributed by atoms with Crippen molar-refractivity contribution in [2.75, 3.05) is 18.5 Å². The summed E-state index contributed by atoms with van der Waals surface area (Å²) in [4.78, 5) is 1.36. The third-order valence-corrected chi connectivity index (χ3v) is 4.80. The Labute approximate surface area is 128 Å². The van der Waals surface area contributed by atoms with Crippen LogP contribution in [-0.2, 0) is 6.42 Å². The molecule has 1 atom stereocenters. The second-order valence-corrected chi connectivity index (χ2v) is 6.35. The van der Waals surface area contributed by atoms with Crippen molar-refractivity contribution in [1.82, 2.24) is 0 Å². The van der Waals surface area contributed by atoms with E-state index in [1.165, 1.54) is 16.5 Å². The Morgan fingerprint density at radius 3 is 2.90 bits per heavy atom. The molecule has 110 valence electrons.